The van der Waals surface area contributed by atoms with Gasteiger partial charge in [-0.25, -0.2) is 0 Å². The molecule has 0 rings (SSSR count). The van der Waals surface area contributed by atoms with Crippen molar-refractivity contribution in [1.82, 2.24) is 0 Å². The average molecular weight is 1240 g/mol. The van der Waals surface area contributed by atoms with Crippen LogP contribution in [0.2, 0.25) is 0 Å². The summed E-state index contributed by atoms with van der Waals surface area (Å²) in [5, 5.41) is 0. The molecule has 2 atom stereocenters. The molecule has 88 heavy (non-hydrogen) atoms. The van der Waals surface area contributed by atoms with Crippen LogP contribution >= 0.6 is 7.82 Å². The van der Waals surface area contributed by atoms with Crippen LogP contribution in [0.15, 0.2) is 170 Å². The summed E-state index contributed by atoms with van der Waals surface area (Å²) >= 11 is 0. The van der Waals surface area contributed by atoms with Gasteiger partial charge in [-0.1, -0.05) is 293 Å². The van der Waals surface area contributed by atoms with Gasteiger partial charge in [-0.2, -0.15) is 0 Å². The first kappa shape index (κ1) is 83.4. The number of likely N-dealkylation sites (N-methyl/N-ethyl adjacent to an activating group) is 1. The van der Waals surface area contributed by atoms with E-state index in [9.17, 15) is 19.0 Å². The molecule has 0 aromatic rings. The lowest BCUT2D eigenvalue weighted by Crippen LogP contribution is -2.37. The Labute approximate surface area is 540 Å². The third kappa shape index (κ3) is 70.5. The molecule has 0 radical (unpaired) electrons. The zero-order valence-electron chi connectivity index (χ0n) is 56.6. The quantitative estimate of drug-likeness (QED) is 0.0195. The number of rotatable bonds is 62. The van der Waals surface area contributed by atoms with Gasteiger partial charge in [0.05, 0.1) is 27.7 Å². The second kappa shape index (κ2) is 66.8. The Morgan fingerprint density at radius 3 is 0.943 bits per heavy atom. The molecule has 10 heteroatoms. The molecule has 0 spiro atoms. The second-order valence-corrected chi connectivity index (χ2v) is 25.2. The topological polar surface area (TPSA) is 111 Å². The van der Waals surface area contributed by atoms with Gasteiger partial charge >= 0.3 is 11.9 Å². The second-order valence-electron chi connectivity index (χ2n) is 23.8. The van der Waals surface area contributed by atoms with Crippen molar-refractivity contribution in [3.63, 3.8) is 0 Å². The van der Waals surface area contributed by atoms with Crippen LogP contribution in [0.25, 0.3) is 0 Å². The summed E-state index contributed by atoms with van der Waals surface area (Å²) in [5.74, 6) is -0.909. The number of unbranched alkanes of at least 4 members (excludes halogenated alkanes) is 20. The molecule has 0 fully saturated rings. The van der Waals surface area contributed by atoms with Crippen molar-refractivity contribution < 1.29 is 42.1 Å². The van der Waals surface area contributed by atoms with Gasteiger partial charge in [0, 0.05) is 12.8 Å². The van der Waals surface area contributed by atoms with Crippen LogP contribution in [0, 0.1) is 0 Å². The maximum Gasteiger partial charge on any atom is 0.306 e. The number of phosphoric acid groups is 1. The van der Waals surface area contributed by atoms with Crippen LogP contribution in [0.1, 0.15) is 258 Å². The van der Waals surface area contributed by atoms with E-state index in [2.05, 4.69) is 178 Å². The van der Waals surface area contributed by atoms with Gasteiger partial charge in [-0.05, 0) is 122 Å². The maximum absolute atomic E-state index is 12.8. The normalized spacial score (nSPS) is 14.2. The summed E-state index contributed by atoms with van der Waals surface area (Å²) in [5.41, 5.74) is 0. The minimum absolute atomic E-state index is 0.0498. The largest absolute Gasteiger partial charge is 0.756 e. The highest BCUT2D eigenvalue weighted by Crippen LogP contribution is 2.38. The molecule has 0 aromatic heterocycles. The number of hydrogen-bond acceptors (Lipinski definition) is 8. The Bertz CT molecular complexity index is 2090. The number of allylic oxidation sites excluding steroid dienone is 28. The van der Waals surface area contributed by atoms with Crippen molar-refractivity contribution in [2.45, 2.75) is 264 Å². The number of hydrogen-bond donors (Lipinski definition) is 0. The molecular weight excluding hydrogens is 1110 g/mol. The summed E-state index contributed by atoms with van der Waals surface area (Å²) in [7, 11) is 1.11. The van der Waals surface area contributed by atoms with E-state index >= 15 is 0 Å². The number of carbonyl (C=O) groups is 2. The van der Waals surface area contributed by atoms with E-state index in [1.54, 1.807) is 0 Å². The Kier molecular flexibility index (Phi) is 63.3. The zero-order valence-corrected chi connectivity index (χ0v) is 57.5. The molecule has 9 nitrogen and oxygen atoms in total. The van der Waals surface area contributed by atoms with Crippen LogP contribution in [-0.2, 0) is 32.7 Å². The highest BCUT2D eigenvalue weighted by atomic mass is 31.2. The average Bonchev–Trinajstić information content (AvgIpc) is 3.68. The lowest BCUT2D eigenvalue weighted by molar-refractivity contribution is -0.870. The van der Waals surface area contributed by atoms with E-state index in [0.717, 1.165) is 103 Å². The van der Waals surface area contributed by atoms with Gasteiger partial charge in [0.2, 0.25) is 0 Å². The van der Waals surface area contributed by atoms with Crippen molar-refractivity contribution in [2.24, 2.45) is 0 Å². The fourth-order valence-electron chi connectivity index (χ4n) is 8.98. The molecule has 0 saturated carbocycles. The monoisotopic (exact) mass is 1240 g/mol. The van der Waals surface area contributed by atoms with E-state index < -0.39 is 32.5 Å². The molecule has 0 aliphatic rings. The Hall–Kier alpha value is -4.63. The fourth-order valence-corrected chi connectivity index (χ4v) is 9.71. The van der Waals surface area contributed by atoms with Crippen LogP contribution in [-0.4, -0.2) is 70.0 Å². The predicted molar refractivity (Wildman–Crippen MR) is 378 cm³/mol. The van der Waals surface area contributed by atoms with Crippen molar-refractivity contribution >= 4 is 19.8 Å². The Morgan fingerprint density at radius 1 is 0.352 bits per heavy atom. The highest BCUT2D eigenvalue weighted by molar-refractivity contribution is 7.45. The number of ether oxygens (including phenoxy) is 2. The summed E-state index contributed by atoms with van der Waals surface area (Å²) < 4.78 is 34.2. The highest BCUT2D eigenvalue weighted by Gasteiger charge is 2.22. The standard InChI is InChI=1S/C78H128NO8P/c1-6-8-10-12-14-16-18-20-22-24-26-28-30-32-34-36-37-38-39-40-41-43-44-46-48-50-52-54-56-58-60-62-64-66-68-70-77(80)84-74-76(75-86-88(82,83)85-73-72-79(3,4)5)87-78(81)71-69-67-65-63-61-59-57-55-53-51-49-47-45-42-35-33-31-29-27-25-23-21-19-17-15-13-11-9-7-2/h8-11,14-17,20-23,26-29,32-35,45,47,51,53,57,59,63,65,76H,6-7,12-13,18-19,24-25,30-31,36-44,46,48-50,52,54-56,58,60-62,64,66-75H2,1-5H3/b10-8-,11-9-,16-14-,17-15-,22-20-,23-21-,28-26-,29-27-,34-32-,35-33-,47-45-,53-51-,59-57-,65-63-. The van der Waals surface area contributed by atoms with E-state index in [1.807, 2.05) is 27.2 Å². The summed E-state index contributed by atoms with van der Waals surface area (Å²) in [6.07, 6.45) is 102. The third-order valence-corrected chi connectivity index (χ3v) is 15.2. The maximum atomic E-state index is 12.8. The molecule has 498 valence electrons. The van der Waals surface area contributed by atoms with Crippen molar-refractivity contribution in [2.75, 3.05) is 47.5 Å². The first-order valence-electron chi connectivity index (χ1n) is 34.8. The van der Waals surface area contributed by atoms with Crippen LogP contribution < -0.4 is 4.89 Å². The smallest absolute Gasteiger partial charge is 0.306 e. The minimum Gasteiger partial charge on any atom is -0.756 e. The molecular formula is C78H128NO8P. The third-order valence-electron chi connectivity index (χ3n) is 14.2. The molecule has 0 amide bonds. The molecule has 0 aliphatic carbocycles. The molecule has 0 saturated heterocycles. The Morgan fingerprint density at radius 2 is 0.625 bits per heavy atom. The summed E-state index contributed by atoms with van der Waals surface area (Å²) in [6.45, 7) is 3.94. The van der Waals surface area contributed by atoms with Gasteiger partial charge in [0.15, 0.2) is 6.10 Å². The number of esters is 2. The molecule has 0 aromatic carbocycles. The lowest BCUT2D eigenvalue weighted by Gasteiger charge is -2.28. The van der Waals surface area contributed by atoms with Crippen molar-refractivity contribution in [3.8, 4) is 0 Å². The van der Waals surface area contributed by atoms with Crippen LogP contribution in [0.3, 0.4) is 0 Å². The molecule has 0 bridgehead atoms. The molecule has 0 N–H and O–H groups in total. The van der Waals surface area contributed by atoms with E-state index in [1.165, 1.54) is 109 Å². The van der Waals surface area contributed by atoms with E-state index in [0.29, 0.717) is 30.3 Å². The fraction of sp³-hybridized carbons (Fsp3) is 0.615. The van der Waals surface area contributed by atoms with Crippen molar-refractivity contribution in [1.29, 1.82) is 0 Å². The first-order chi connectivity index (χ1) is 43.0. The summed E-state index contributed by atoms with van der Waals surface area (Å²) in [6, 6.07) is 0. The van der Waals surface area contributed by atoms with Crippen LogP contribution in [0.4, 0.5) is 0 Å². The summed E-state index contributed by atoms with van der Waals surface area (Å²) in [4.78, 5) is 38.0. The minimum atomic E-state index is -4.67. The Balaban J connectivity index is 4.15. The van der Waals surface area contributed by atoms with Crippen molar-refractivity contribution in [3.05, 3.63) is 170 Å². The number of quaternary nitrogens is 1. The molecule has 0 aliphatic heterocycles. The van der Waals surface area contributed by atoms with Gasteiger partial charge < -0.3 is 27.9 Å². The van der Waals surface area contributed by atoms with Gasteiger partial charge in [-0.15, -0.1) is 0 Å². The van der Waals surface area contributed by atoms with E-state index in [-0.39, 0.29) is 26.1 Å². The molecule has 0 heterocycles. The van der Waals surface area contributed by atoms with Gasteiger partial charge in [-0.3, -0.25) is 14.2 Å². The van der Waals surface area contributed by atoms with Gasteiger partial charge in [0.1, 0.15) is 19.8 Å². The predicted octanol–water partition coefficient (Wildman–Crippen LogP) is 22.3. The van der Waals surface area contributed by atoms with E-state index in [4.69, 9.17) is 18.5 Å². The lowest BCUT2D eigenvalue weighted by atomic mass is 10.0. The van der Waals surface area contributed by atoms with Gasteiger partial charge in [0.25, 0.3) is 7.82 Å². The number of nitrogens with zero attached hydrogens (tertiary/aromatic N) is 1. The first-order valence-corrected chi connectivity index (χ1v) is 36.3. The van der Waals surface area contributed by atoms with Crippen LogP contribution in [0.5, 0.6) is 0 Å². The SMILES string of the molecule is CC/C=C\C/C=C\C/C=C\C/C=C\C/C=C\C/C=C\C/C=C\C/C=C\C/C=C\CCCC(=O)OC(COC(=O)CCCCCCCCCCCCCCCCCCCCC/C=C\C/C=C\C/C=C\C/C=C\C/C=C\CC)COP(=O)([O-])OCC[N+](C)(C)C. The zero-order chi connectivity index (χ0) is 64.1. The number of carbonyl (C=O) groups excluding carboxylic acids is 2. The number of phosphoric ester groups is 1. The molecule has 2 unspecified atom stereocenters.